The summed E-state index contributed by atoms with van der Waals surface area (Å²) in [5.41, 5.74) is 1.13. The summed E-state index contributed by atoms with van der Waals surface area (Å²) in [7, 11) is 1.85. The van der Waals surface area contributed by atoms with Crippen LogP contribution in [-0.4, -0.2) is 71.9 Å². The van der Waals surface area contributed by atoms with Crippen LogP contribution in [0.4, 0.5) is 4.79 Å². The highest BCUT2D eigenvalue weighted by atomic mass is 16.2. The molecule has 1 saturated carbocycles. The standard InChI is InChI=1S/C23H36N4O2/c1-19(22(28)24-21-12-8-3-4-9-13-21)26-14-16-27(17-15-26)23(29)25(2)18-20-10-6-5-7-11-20/h5-7,10-11,19,21H,3-4,8-9,12-18H2,1-2H3,(H,24,28). The van der Waals surface area contributed by atoms with Gasteiger partial charge in [-0.25, -0.2) is 4.79 Å². The van der Waals surface area contributed by atoms with E-state index in [1.807, 2.05) is 49.2 Å². The molecule has 1 N–H and O–H groups in total. The molecule has 1 aromatic carbocycles. The highest BCUT2D eigenvalue weighted by molar-refractivity contribution is 5.81. The van der Waals surface area contributed by atoms with Crippen LogP contribution in [0.25, 0.3) is 0 Å². The van der Waals surface area contributed by atoms with E-state index in [1.165, 1.54) is 25.7 Å². The first-order chi connectivity index (χ1) is 14.0. The van der Waals surface area contributed by atoms with E-state index < -0.39 is 0 Å². The molecule has 6 nitrogen and oxygen atoms in total. The molecule has 1 aliphatic carbocycles. The van der Waals surface area contributed by atoms with Gasteiger partial charge in [0.1, 0.15) is 0 Å². The van der Waals surface area contributed by atoms with Crippen LogP contribution in [0.3, 0.4) is 0 Å². The van der Waals surface area contributed by atoms with E-state index in [2.05, 4.69) is 10.2 Å². The van der Waals surface area contributed by atoms with Crippen LogP contribution in [0, 0.1) is 0 Å². The minimum Gasteiger partial charge on any atom is -0.352 e. The van der Waals surface area contributed by atoms with Crippen molar-refractivity contribution in [3.63, 3.8) is 0 Å². The van der Waals surface area contributed by atoms with Gasteiger partial charge in [0, 0.05) is 45.8 Å². The lowest BCUT2D eigenvalue weighted by atomic mass is 10.1. The van der Waals surface area contributed by atoms with Crippen molar-refractivity contribution in [3.8, 4) is 0 Å². The number of nitrogens with zero attached hydrogens (tertiary/aromatic N) is 3. The number of piperazine rings is 1. The summed E-state index contributed by atoms with van der Waals surface area (Å²) >= 11 is 0. The van der Waals surface area contributed by atoms with E-state index in [-0.39, 0.29) is 18.0 Å². The first-order valence-corrected chi connectivity index (χ1v) is 11.1. The fraction of sp³-hybridized carbons (Fsp3) is 0.652. The molecular formula is C23H36N4O2. The van der Waals surface area contributed by atoms with Gasteiger partial charge < -0.3 is 15.1 Å². The maximum atomic E-state index is 12.8. The molecule has 29 heavy (non-hydrogen) atoms. The Hall–Kier alpha value is -2.08. The molecule has 6 heteroatoms. The monoisotopic (exact) mass is 400 g/mol. The van der Waals surface area contributed by atoms with Gasteiger partial charge in [-0.15, -0.1) is 0 Å². The Labute approximate surface area is 175 Å². The first kappa shape index (κ1) is 21.6. The minimum atomic E-state index is -0.141. The third-order valence-corrected chi connectivity index (χ3v) is 6.30. The molecule has 1 atom stereocenters. The Bertz CT molecular complexity index is 650. The summed E-state index contributed by atoms with van der Waals surface area (Å²) in [5, 5.41) is 3.27. The van der Waals surface area contributed by atoms with Crippen molar-refractivity contribution in [2.45, 2.75) is 64.1 Å². The Morgan fingerprint density at radius 3 is 2.28 bits per heavy atom. The molecule has 1 unspecified atom stereocenters. The SMILES string of the molecule is CC(C(=O)NC1CCCCCC1)N1CCN(C(=O)N(C)Cc2ccccc2)CC1. The molecule has 1 saturated heterocycles. The van der Waals surface area contributed by atoms with Crippen LogP contribution < -0.4 is 5.32 Å². The second kappa shape index (κ2) is 10.6. The van der Waals surface area contributed by atoms with Gasteiger partial charge in [0.2, 0.25) is 5.91 Å². The number of nitrogens with one attached hydrogen (secondary N) is 1. The van der Waals surface area contributed by atoms with Crippen molar-refractivity contribution in [1.29, 1.82) is 0 Å². The molecule has 1 aromatic rings. The molecule has 1 heterocycles. The fourth-order valence-electron chi connectivity index (χ4n) is 4.38. The number of amides is 3. The summed E-state index contributed by atoms with van der Waals surface area (Å²) < 4.78 is 0. The first-order valence-electron chi connectivity index (χ1n) is 11.1. The van der Waals surface area contributed by atoms with Crippen LogP contribution in [-0.2, 0) is 11.3 Å². The number of hydrogen-bond donors (Lipinski definition) is 1. The smallest absolute Gasteiger partial charge is 0.320 e. The van der Waals surface area contributed by atoms with Gasteiger partial charge in [0.05, 0.1) is 6.04 Å². The Kier molecular flexibility index (Phi) is 7.92. The Morgan fingerprint density at radius 2 is 1.66 bits per heavy atom. The number of urea groups is 1. The lowest BCUT2D eigenvalue weighted by Crippen LogP contribution is -2.57. The lowest BCUT2D eigenvalue weighted by molar-refractivity contribution is -0.127. The van der Waals surface area contributed by atoms with Crippen LogP contribution in [0.5, 0.6) is 0 Å². The number of rotatable bonds is 5. The minimum absolute atomic E-state index is 0.0593. The molecular weight excluding hydrogens is 364 g/mol. The third-order valence-electron chi connectivity index (χ3n) is 6.30. The molecule has 0 bridgehead atoms. The van der Waals surface area contributed by atoms with E-state index in [0.29, 0.717) is 25.7 Å². The third kappa shape index (κ3) is 6.20. The summed E-state index contributed by atoms with van der Waals surface area (Å²) in [6.45, 7) is 5.41. The quantitative estimate of drug-likeness (QED) is 0.773. The number of hydrogen-bond acceptors (Lipinski definition) is 3. The molecule has 160 valence electrons. The zero-order valence-electron chi connectivity index (χ0n) is 18.0. The van der Waals surface area contributed by atoms with Gasteiger partial charge in [0.25, 0.3) is 0 Å². The normalized spacial score (nSPS) is 20.0. The molecule has 3 amide bonds. The Balaban J connectivity index is 1.43. The van der Waals surface area contributed by atoms with E-state index >= 15 is 0 Å². The fourth-order valence-corrected chi connectivity index (χ4v) is 4.38. The van der Waals surface area contributed by atoms with Crippen molar-refractivity contribution >= 4 is 11.9 Å². The zero-order chi connectivity index (χ0) is 20.6. The van der Waals surface area contributed by atoms with E-state index in [9.17, 15) is 9.59 Å². The largest absolute Gasteiger partial charge is 0.352 e. The molecule has 2 fully saturated rings. The van der Waals surface area contributed by atoms with Crippen molar-refractivity contribution < 1.29 is 9.59 Å². The van der Waals surface area contributed by atoms with Crippen molar-refractivity contribution in [2.24, 2.45) is 0 Å². The summed E-state index contributed by atoms with van der Waals surface area (Å²) in [6, 6.07) is 10.3. The molecule has 3 rings (SSSR count). The number of carbonyl (C=O) groups excluding carboxylic acids is 2. The van der Waals surface area contributed by atoms with Crippen LogP contribution in [0.1, 0.15) is 51.0 Å². The summed E-state index contributed by atoms with van der Waals surface area (Å²) in [5.74, 6) is 0.137. The second-order valence-electron chi connectivity index (χ2n) is 8.52. The van der Waals surface area contributed by atoms with E-state index in [4.69, 9.17) is 0 Å². The Morgan fingerprint density at radius 1 is 1.03 bits per heavy atom. The highest BCUT2D eigenvalue weighted by Gasteiger charge is 2.29. The maximum absolute atomic E-state index is 12.8. The van der Waals surface area contributed by atoms with Crippen LogP contribution >= 0.6 is 0 Å². The molecule has 1 aliphatic heterocycles. The molecule has 0 spiro atoms. The van der Waals surface area contributed by atoms with Gasteiger partial charge in [-0.2, -0.15) is 0 Å². The van der Waals surface area contributed by atoms with Gasteiger partial charge in [-0.3, -0.25) is 9.69 Å². The summed E-state index contributed by atoms with van der Waals surface area (Å²) in [6.07, 6.45) is 7.23. The number of carbonyl (C=O) groups is 2. The second-order valence-corrected chi connectivity index (χ2v) is 8.52. The van der Waals surface area contributed by atoms with Crippen molar-refractivity contribution in [3.05, 3.63) is 35.9 Å². The summed E-state index contributed by atoms with van der Waals surface area (Å²) in [4.78, 5) is 31.3. The van der Waals surface area contributed by atoms with Crippen LogP contribution in [0.2, 0.25) is 0 Å². The average molecular weight is 401 g/mol. The van der Waals surface area contributed by atoms with E-state index in [0.717, 1.165) is 31.5 Å². The average Bonchev–Trinajstić information content (AvgIpc) is 3.02. The number of benzene rings is 1. The van der Waals surface area contributed by atoms with Crippen molar-refractivity contribution in [2.75, 3.05) is 33.2 Å². The zero-order valence-corrected chi connectivity index (χ0v) is 18.0. The van der Waals surface area contributed by atoms with Gasteiger partial charge in [0.15, 0.2) is 0 Å². The van der Waals surface area contributed by atoms with Gasteiger partial charge in [-0.05, 0) is 25.3 Å². The topological polar surface area (TPSA) is 55.9 Å². The maximum Gasteiger partial charge on any atom is 0.320 e. The van der Waals surface area contributed by atoms with Crippen molar-refractivity contribution in [1.82, 2.24) is 20.0 Å². The molecule has 0 radical (unpaired) electrons. The highest BCUT2D eigenvalue weighted by Crippen LogP contribution is 2.18. The predicted molar refractivity (Wildman–Crippen MR) is 116 cm³/mol. The molecule has 2 aliphatic rings. The van der Waals surface area contributed by atoms with Gasteiger partial charge >= 0.3 is 6.03 Å². The van der Waals surface area contributed by atoms with E-state index in [1.54, 1.807) is 4.90 Å². The molecule has 0 aromatic heterocycles. The predicted octanol–water partition coefficient (Wildman–Crippen LogP) is 3.08. The van der Waals surface area contributed by atoms with Crippen LogP contribution in [0.15, 0.2) is 30.3 Å². The van der Waals surface area contributed by atoms with Gasteiger partial charge in [-0.1, -0.05) is 56.0 Å². The lowest BCUT2D eigenvalue weighted by Gasteiger charge is -2.39.